The van der Waals surface area contributed by atoms with Crippen LogP contribution in [0.5, 0.6) is 0 Å². The van der Waals surface area contributed by atoms with E-state index < -0.39 is 0 Å². The Bertz CT molecular complexity index is 546. The van der Waals surface area contributed by atoms with E-state index in [9.17, 15) is 0 Å². The summed E-state index contributed by atoms with van der Waals surface area (Å²) in [4.78, 5) is 4.37. The van der Waals surface area contributed by atoms with Gasteiger partial charge < -0.3 is 5.32 Å². The van der Waals surface area contributed by atoms with Crippen LogP contribution in [0.15, 0.2) is 24.3 Å². The first kappa shape index (κ1) is 12.5. The lowest BCUT2D eigenvalue weighted by atomic mass is 10.1. The number of aryl methyl sites for hydroxylation is 1. The van der Waals surface area contributed by atoms with Crippen molar-refractivity contribution in [3.8, 4) is 11.4 Å². The van der Waals surface area contributed by atoms with E-state index in [1.54, 1.807) is 0 Å². The van der Waals surface area contributed by atoms with Crippen molar-refractivity contribution in [3.05, 3.63) is 30.1 Å². The quantitative estimate of drug-likeness (QED) is 0.903. The van der Waals surface area contributed by atoms with Crippen molar-refractivity contribution in [3.63, 3.8) is 0 Å². The standard InChI is InChI=1S/C14H18N4S/c1-10-15-14(18-17-10)11-4-2-5-12(8-11)16-13-6-3-7-19-9-13/h2,4-5,8,13,16H,3,6-7,9H2,1H3,(H,15,17,18). The molecule has 1 saturated heterocycles. The van der Waals surface area contributed by atoms with Crippen LogP contribution >= 0.6 is 11.8 Å². The molecule has 1 fully saturated rings. The predicted octanol–water partition coefficient (Wildman–Crippen LogP) is 3.09. The van der Waals surface area contributed by atoms with E-state index in [1.807, 2.05) is 24.8 Å². The lowest BCUT2D eigenvalue weighted by molar-refractivity contribution is 0.685. The first-order chi connectivity index (χ1) is 9.31. The van der Waals surface area contributed by atoms with Gasteiger partial charge in [0.1, 0.15) is 5.82 Å². The van der Waals surface area contributed by atoms with Crippen molar-refractivity contribution in [1.82, 2.24) is 15.2 Å². The highest BCUT2D eigenvalue weighted by Crippen LogP contribution is 2.23. The minimum Gasteiger partial charge on any atom is -0.381 e. The molecule has 0 amide bonds. The molecule has 1 aliphatic rings. The largest absolute Gasteiger partial charge is 0.381 e. The highest BCUT2D eigenvalue weighted by molar-refractivity contribution is 7.99. The van der Waals surface area contributed by atoms with E-state index in [2.05, 4.69) is 38.7 Å². The summed E-state index contributed by atoms with van der Waals surface area (Å²) >= 11 is 2.03. The van der Waals surface area contributed by atoms with Gasteiger partial charge in [-0.15, -0.1) is 0 Å². The zero-order valence-electron chi connectivity index (χ0n) is 11.0. The van der Waals surface area contributed by atoms with Gasteiger partial charge in [0.05, 0.1) is 0 Å². The molecule has 100 valence electrons. The molecule has 4 nitrogen and oxygen atoms in total. The second-order valence-corrected chi connectivity index (χ2v) is 6.03. The Labute approximate surface area is 117 Å². The van der Waals surface area contributed by atoms with Crippen LogP contribution in [-0.4, -0.2) is 32.7 Å². The van der Waals surface area contributed by atoms with Crippen LogP contribution in [0, 0.1) is 6.92 Å². The molecule has 3 rings (SSSR count). The summed E-state index contributed by atoms with van der Waals surface area (Å²) in [7, 11) is 0. The summed E-state index contributed by atoms with van der Waals surface area (Å²) in [6, 6.07) is 8.93. The first-order valence-corrected chi connectivity index (χ1v) is 7.80. The summed E-state index contributed by atoms with van der Waals surface area (Å²) in [6.07, 6.45) is 2.57. The van der Waals surface area contributed by atoms with Crippen molar-refractivity contribution in [2.45, 2.75) is 25.8 Å². The van der Waals surface area contributed by atoms with Crippen molar-refractivity contribution in [2.75, 3.05) is 16.8 Å². The van der Waals surface area contributed by atoms with Crippen LogP contribution in [-0.2, 0) is 0 Å². The molecule has 0 bridgehead atoms. The molecule has 0 aliphatic carbocycles. The lowest BCUT2D eigenvalue weighted by Crippen LogP contribution is -2.25. The molecular formula is C14H18N4S. The molecule has 1 atom stereocenters. The number of aromatic nitrogens is 3. The Morgan fingerprint density at radius 2 is 2.37 bits per heavy atom. The molecule has 1 aliphatic heterocycles. The van der Waals surface area contributed by atoms with Crippen molar-refractivity contribution in [2.24, 2.45) is 0 Å². The summed E-state index contributed by atoms with van der Waals surface area (Å²) < 4.78 is 0. The number of nitrogens with zero attached hydrogens (tertiary/aromatic N) is 2. The molecule has 1 aromatic carbocycles. The number of anilines is 1. The van der Waals surface area contributed by atoms with Gasteiger partial charge in [-0.3, -0.25) is 5.10 Å². The van der Waals surface area contributed by atoms with Gasteiger partial charge in [-0.25, -0.2) is 4.98 Å². The fourth-order valence-electron chi connectivity index (χ4n) is 2.31. The maximum absolute atomic E-state index is 4.37. The number of thioether (sulfide) groups is 1. The minimum atomic E-state index is 0.586. The Balaban J connectivity index is 1.75. The monoisotopic (exact) mass is 274 g/mol. The lowest BCUT2D eigenvalue weighted by Gasteiger charge is -2.23. The molecule has 1 aromatic heterocycles. The third-order valence-corrected chi connectivity index (χ3v) is 4.46. The number of hydrogen-bond acceptors (Lipinski definition) is 4. The van der Waals surface area contributed by atoms with Crippen molar-refractivity contribution < 1.29 is 0 Å². The van der Waals surface area contributed by atoms with Crippen molar-refractivity contribution >= 4 is 17.4 Å². The topological polar surface area (TPSA) is 53.6 Å². The van der Waals surface area contributed by atoms with Crippen LogP contribution in [0.1, 0.15) is 18.7 Å². The molecular weight excluding hydrogens is 256 g/mol. The van der Waals surface area contributed by atoms with Crippen LogP contribution in [0.2, 0.25) is 0 Å². The van der Waals surface area contributed by atoms with Gasteiger partial charge in [-0.05, 0) is 37.7 Å². The normalized spacial score (nSPS) is 19.3. The van der Waals surface area contributed by atoms with Crippen LogP contribution in [0.3, 0.4) is 0 Å². The highest BCUT2D eigenvalue weighted by Gasteiger charge is 2.13. The molecule has 1 unspecified atom stereocenters. The molecule has 0 spiro atoms. The van der Waals surface area contributed by atoms with Gasteiger partial charge >= 0.3 is 0 Å². The van der Waals surface area contributed by atoms with Gasteiger partial charge in [-0.2, -0.15) is 16.9 Å². The number of rotatable bonds is 3. The fourth-order valence-corrected chi connectivity index (χ4v) is 3.38. The molecule has 2 heterocycles. The second-order valence-electron chi connectivity index (χ2n) is 4.88. The van der Waals surface area contributed by atoms with E-state index in [-0.39, 0.29) is 0 Å². The summed E-state index contributed by atoms with van der Waals surface area (Å²) in [5.74, 6) is 4.11. The Hall–Kier alpha value is -1.49. The van der Waals surface area contributed by atoms with E-state index >= 15 is 0 Å². The maximum Gasteiger partial charge on any atom is 0.181 e. The summed E-state index contributed by atoms with van der Waals surface area (Å²) in [6.45, 7) is 1.91. The van der Waals surface area contributed by atoms with E-state index in [0.29, 0.717) is 6.04 Å². The summed E-state index contributed by atoms with van der Waals surface area (Å²) in [5, 5.41) is 10.7. The SMILES string of the molecule is Cc1nc(-c2cccc(NC3CCCSC3)c2)n[nH]1. The number of nitrogens with one attached hydrogen (secondary N) is 2. The third-order valence-electron chi connectivity index (χ3n) is 3.25. The Morgan fingerprint density at radius 1 is 1.42 bits per heavy atom. The molecule has 0 saturated carbocycles. The zero-order chi connectivity index (χ0) is 13.1. The van der Waals surface area contributed by atoms with Gasteiger partial charge in [0.25, 0.3) is 0 Å². The second kappa shape index (κ2) is 5.65. The number of aromatic amines is 1. The van der Waals surface area contributed by atoms with Gasteiger partial charge in [0.15, 0.2) is 5.82 Å². The van der Waals surface area contributed by atoms with E-state index in [1.165, 1.54) is 24.3 Å². The molecule has 5 heteroatoms. The average molecular weight is 274 g/mol. The highest BCUT2D eigenvalue weighted by atomic mass is 32.2. The van der Waals surface area contributed by atoms with Crippen LogP contribution in [0.25, 0.3) is 11.4 Å². The first-order valence-electron chi connectivity index (χ1n) is 6.65. The number of benzene rings is 1. The number of hydrogen-bond donors (Lipinski definition) is 2. The Kier molecular flexibility index (Phi) is 3.73. The van der Waals surface area contributed by atoms with Gasteiger partial charge in [0.2, 0.25) is 0 Å². The number of H-pyrrole nitrogens is 1. The molecule has 2 N–H and O–H groups in total. The van der Waals surface area contributed by atoms with Gasteiger partial charge in [0, 0.05) is 23.0 Å². The average Bonchev–Trinajstić information content (AvgIpc) is 2.87. The van der Waals surface area contributed by atoms with E-state index in [4.69, 9.17) is 0 Å². The smallest absolute Gasteiger partial charge is 0.181 e. The molecule has 2 aromatic rings. The van der Waals surface area contributed by atoms with Gasteiger partial charge in [-0.1, -0.05) is 12.1 Å². The third kappa shape index (κ3) is 3.10. The molecule has 0 radical (unpaired) electrons. The Morgan fingerprint density at radius 3 is 3.11 bits per heavy atom. The maximum atomic E-state index is 4.37. The van der Waals surface area contributed by atoms with Crippen molar-refractivity contribution in [1.29, 1.82) is 0 Å². The van der Waals surface area contributed by atoms with Crippen LogP contribution < -0.4 is 5.32 Å². The van der Waals surface area contributed by atoms with E-state index in [0.717, 1.165) is 22.9 Å². The predicted molar refractivity (Wildman–Crippen MR) is 80.5 cm³/mol. The fraction of sp³-hybridized carbons (Fsp3) is 0.429. The molecule has 19 heavy (non-hydrogen) atoms. The zero-order valence-corrected chi connectivity index (χ0v) is 11.8. The minimum absolute atomic E-state index is 0.586. The summed E-state index contributed by atoms with van der Waals surface area (Å²) in [5.41, 5.74) is 2.21. The van der Waals surface area contributed by atoms with Crippen LogP contribution in [0.4, 0.5) is 5.69 Å².